The molecule has 0 spiro atoms. The van der Waals surface area contributed by atoms with Gasteiger partial charge in [0.1, 0.15) is 11.4 Å². The minimum absolute atomic E-state index is 0.310. The zero-order chi connectivity index (χ0) is 22.9. The normalized spacial score (nSPS) is 11.2. The van der Waals surface area contributed by atoms with Gasteiger partial charge in [0, 0.05) is 11.1 Å². The molecule has 2 aromatic carbocycles. The first-order valence-corrected chi connectivity index (χ1v) is 10.4. The van der Waals surface area contributed by atoms with Gasteiger partial charge in [0.25, 0.3) is 0 Å². The fourth-order valence-corrected chi connectivity index (χ4v) is 3.96. The van der Waals surface area contributed by atoms with Crippen molar-refractivity contribution >= 4 is 41.2 Å². The number of hydrogen-bond donors (Lipinski definition) is 1. The van der Waals surface area contributed by atoms with E-state index in [2.05, 4.69) is 36.4 Å². The van der Waals surface area contributed by atoms with Gasteiger partial charge in [-0.1, -0.05) is 39.6 Å². The minimum Gasteiger partial charge on any atom is -0.359 e. The van der Waals surface area contributed by atoms with Gasteiger partial charge in [-0.15, -0.1) is 0 Å². The van der Waals surface area contributed by atoms with Crippen LogP contribution in [-0.2, 0) is 4.84 Å². The summed E-state index contributed by atoms with van der Waals surface area (Å²) in [6.07, 6.45) is 0.763. The predicted octanol–water partition coefficient (Wildman–Crippen LogP) is 7.08. The van der Waals surface area contributed by atoms with Crippen LogP contribution in [0.4, 0.5) is 10.5 Å². The number of nitrogens with one attached hydrogen (secondary N) is 1. The molecule has 3 aromatic rings. The molecular weight excluding hydrogens is 437 g/mol. The van der Waals surface area contributed by atoms with E-state index in [1.807, 2.05) is 13.8 Å². The van der Waals surface area contributed by atoms with Crippen LogP contribution in [0.1, 0.15) is 39.1 Å². The highest BCUT2D eigenvalue weighted by atomic mass is 35.5. The van der Waals surface area contributed by atoms with Gasteiger partial charge in [-0.05, 0) is 81.5 Å². The molecule has 0 unspecified atom stereocenters. The molecule has 0 aliphatic rings. The molecule has 1 N–H and O–H groups in total. The summed E-state index contributed by atoms with van der Waals surface area (Å²) in [6.45, 7) is 11.9. The van der Waals surface area contributed by atoms with Gasteiger partial charge in [-0.3, -0.25) is 10.2 Å². The quantitative estimate of drug-likeness (QED) is 0.256. The number of aromatic nitrogens is 1. The Morgan fingerprint density at radius 1 is 1.00 bits per heavy atom. The van der Waals surface area contributed by atoms with Crippen molar-refractivity contribution in [3.63, 3.8) is 0 Å². The number of carbonyl (C=O) groups is 1. The van der Waals surface area contributed by atoms with Crippen LogP contribution in [0.2, 0.25) is 10.0 Å². The molecule has 1 amide bonds. The molecule has 162 valence electrons. The van der Waals surface area contributed by atoms with E-state index in [0.29, 0.717) is 32.8 Å². The zero-order valence-electron chi connectivity index (χ0n) is 18.2. The van der Waals surface area contributed by atoms with Crippen LogP contribution in [0.15, 0.2) is 27.9 Å². The van der Waals surface area contributed by atoms with Gasteiger partial charge in [-0.25, -0.2) is 4.79 Å². The lowest BCUT2D eigenvalue weighted by Crippen LogP contribution is -2.12. The van der Waals surface area contributed by atoms with E-state index in [9.17, 15) is 4.79 Å². The van der Waals surface area contributed by atoms with Gasteiger partial charge >= 0.3 is 6.09 Å². The summed E-state index contributed by atoms with van der Waals surface area (Å²) in [6, 6.07) is 5.07. The number of amides is 1. The standard InChI is InChI=1S/C23H23Cl2N3O3/c1-11-12(2)14(4)17(15(5)13(11)3)10-26-31-23(29)27-21-16(6)30-28-22(21)20-18(24)8-7-9-19(20)25/h7-10H,1-6H3,(H,27,29). The van der Waals surface area contributed by atoms with E-state index in [-0.39, 0.29) is 0 Å². The number of halogens is 2. The van der Waals surface area contributed by atoms with Crippen LogP contribution >= 0.6 is 23.2 Å². The van der Waals surface area contributed by atoms with Crippen LogP contribution in [-0.4, -0.2) is 17.5 Å². The van der Waals surface area contributed by atoms with E-state index < -0.39 is 6.09 Å². The highest BCUT2D eigenvalue weighted by Crippen LogP contribution is 2.39. The zero-order valence-corrected chi connectivity index (χ0v) is 19.7. The highest BCUT2D eigenvalue weighted by Gasteiger charge is 2.22. The molecule has 0 atom stereocenters. The molecule has 0 saturated carbocycles. The first-order chi connectivity index (χ1) is 14.6. The lowest BCUT2D eigenvalue weighted by molar-refractivity contribution is 0.167. The smallest absolute Gasteiger partial charge is 0.359 e. The van der Waals surface area contributed by atoms with Crippen molar-refractivity contribution in [3.8, 4) is 11.3 Å². The van der Waals surface area contributed by atoms with Crippen molar-refractivity contribution in [2.75, 3.05) is 5.32 Å². The first-order valence-electron chi connectivity index (χ1n) is 9.62. The van der Waals surface area contributed by atoms with Gasteiger partial charge in [0.15, 0.2) is 5.76 Å². The predicted molar refractivity (Wildman–Crippen MR) is 125 cm³/mol. The number of carbonyl (C=O) groups excluding carboxylic acids is 1. The first kappa shape index (κ1) is 22.8. The molecule has 0 radical (unpaired) electrons. The Morgan fingerprint density at radius 3 is 2.13 bits per heavy atom. The van der Waals surface area contributed by atoms with Crippen molar-refractivity contribution in [2.24, 2.45) is 5.16 Å². The van der Waals surface area contributed by atoms with E-state index in [1.54, 1.807) is 31.3 Å². The summed E-state index contributed by atoms with van der Waals surface area (Å²) >= 11 is 12.5. The highest BCUT2D eigenvalue weighted by molar-refractivity contribution is 6.39. The number of anilines is 1. The van der Waals surface area contributed by atoms with E-state index in [0.717, 1.165) is 16.7 Å². The van der Waals surface area contributed by atoms with Crippen molar-refractivity contribution in [1.82, 2.24) is 5.16 Å². The average Bonchev–Trinajstić information content (AvgIpc) is 3.07. The lowest BCUT2D eigenvalue weighted by Gasteiger charge is -2.15. The van der Waals surface area contributed by atoms with Gasteiger partial charge in [0.2, 0.25) is 0 Å². The molecule has 6 nitrogen and oxygen atoms in total. The Bertz CT molecular complexity index is 1150. The van der Waals surface area contributed by atoms with Crippen molar-refractivity contribution < 1.29 is 14.2 Å². The Morgan fingerprint density at radius 2 is 1.55 bits per heavy atom. The van der Waals surface area contributed by atoms with Gasteiger partial charge in [0.05, 0.1) is 16.3 Å². The molecule has 0 saturated heterocycles. The molecule has 0 bridgehead atoms. The summed E-state index contributed by atoms with van der Waals surface area (Å²) in [5, 5.41) is 11.2. The topological polar surface area (TPSA) is 76.7 Å². The van der Waals surface area contributed by atoms with Crippen LogP contribution in [0.25, 0.3) is 11.3 Å². The number of benzene rings is 2. The summed E-state index contributed by atoms with van der Waals surface area (Å²) in [5.41, 5.74) is 7.83. The minimum atomic E-state index is -0.789. The maximum absolute atomic E-state index is 12.4. The Hall–Kier alpha value is -2.83. The third-order valence-corrected chi connectivity index (χ3v) is 6.29. The number of nitrogens with zero attached hydrogens (tertiary/aromatic N) is 2. The van der Waals surface area contributed by atoms with Crippen LogP contribution in [0, 0.1) is 41.5 Å². The largest absolute Gasteiger partial charge is 0.438 e. The monoisotopic (exact) mass is 459 g/mol. The summed E-state index contributed by atoms with van der Waals surface area (Å²) in [7, 11) is 0. The average molecular weight is 460 g/mol. The SMILES string of the molecule is Cc1onc(-c2c(Cl)cccc2Cl)c1NC(=O)ON=Cc1c(C)c(C)c(C)c(C)c1C. The summed E-state index contributed by atoms with van der Waals surface area (Å²) in [5.74, 6) is 0.378. The van der Waals surface area contributed by atoms with Crippen molar-refractivity contribution in [2.45, 2.75) is 41.5 Å². The van der Waals surface area contributed by atoms with E-state index >= 15 is 0 Å². The molecule has 1 heterocycles. The van der Waals surface area contributed by atoms with Crippen molar-refractivity contribution in [3.05, 3.63) is 67.4 Å². The number of hydrogen-bond acceptors (Lipinski definition) is 5. The molecule has 3 rings (SSSR count). The van der Waals surface area contributed by atoms with Gasteiger partial charge < -0.3 is 4.52 Å². The van der Waals surface area contributed by atoms with Gasteiger partial charge in [-0.2, -0.15) is 0 Å². The maximum Gasteiger partial charge on any atom is 0.438 e. The molecule has 0 fully saturated rings. The second kappa shape index (κ2) is 9.12. The lowest BCUT2D eigenvalue weighted by atomic mass is 9.90. The fraction of sp³-hybridized carbons (Fsp3) is 0.261. The molecule has 31 heavy (non-hydrogen) atoms. The Labute approximate surface area is 191 Å². The second-order valence-corrected chi connectivity index (χ2v) is 8.15. The van der Waals surface area contributed by atoms with Crippen LogP contribution in [0.3, 0.4) is 0 Å². The molecule has 0 aliphatic carbocycles. The summed E-state index contributed by atoms with van der Waals surface area (Å²) in [4.78, 5) is 17.4. The molecule has 8 heteroatoms. The Balaban J connectivity index is 1.82. The second-order valence-electron chi connectivity index (χ2n) is 7.34. The molecule has 1 aromatic heterocycles. The fourth-order valence-electron chi connectivity index (χ4n) is 3.39. The maximum atomic E-state index is 12.4. The Kier molecular flexibility index (Phi) is 6.72. The molecular formula is C23H23Cl2N3O3. The number of rotatable bonds is 4. The third kappa shape index (κ3) is 4.45. The van der Waals surface area contributed by atoms with E-state index in [4.69, 9.17) is 32.6 Å². The van der Waals surface area contributed by atoms with Crippen molar-refractivity contribution in [1.29, 1.82) is 0 Å². The number of aryl methyl sites for hydroxylation is 1. The summed E-state index contributed by atoms with van der Waals surface area (Å²) < 4.78 is 5.23. The third-order valence-electron chi connectivity index (χ3n) is 5.66. The van der Waals surface area contributed by atoms with E-state index in [1.165, 1.54) is 16.7 Å². The van der Waals surface area contributed by atoms with Crippen LogP contribution in [0.5, 0.6) is 0 Å². The van der Waals surface area contributed by atoms with Crippen LogP contribution < -0.4 is 5.32 Å². The molecule has 0 aliphatic heterocycles. The number of oxime groups is 1.